The zero-order valence-corrected chi connectivity index (χ0v) is 14.9. The van der Waals surface area contributed by atoms with E-state index >= 15 is 0 Å². The molecular formula is C14H20N4O3S2. The van der Waals surface area contributed by atoms with E-state index in [1.807, 2.05) is 13.0 Å². The van der Waals surface area contributed by atoms with Crippen LogP contribution in [0.25, 0.3) is 10.2 Å². The van der Waals surface area contributed by atoms with Crippen LogP contribution in [0, 0.1) is 12.8 Å². The Hall–Kier alpha value is -1.29. The molecule has 0 bridgehead atoms. The minimum atomic E-state index is -3.26. The molecule has 0 spiro atoms. The summed E-state index contributed by atoms with van der Waals surface area (Å²) in [5.41, 5.74) is 0. The molecule has 2 aromatic rings. The van der Waals surface area contributed by atoms with Crippen molar-refractivity contribution >= 4 is 37.4 Å². The summed E-state index contributed by atoms with van der Waals surface area (Å²) in [6, 6.07) is 1.96. The highest BCUT2D eigenvalue weighted by Crippen LogP contribution is 2.29. The van der Waals surface area contributed by atoms with Gasteiger partial charge in [0.25, 0.3) is 0 Å². The molecule has 3 heterocycles. The molecule has 9 heteroatoms. The van der Waals surface area contributed by atoms with Crippen LogP contribution in [0.5, 0.6) is 0 Å². The maximum atomic E-state index is 12.1. The molecule has 1 aliphatic rings. The van der Waals surface area contributed by atoms with Crippen LogP contribution in [0.15, 0.2) is 12.4 Å². The number of hydrogen-bond donors (Lipinski definition) is 1. The molecule has 0 radical (unpaired) electrons. The fourth-order valence-electron chi connectivity index (χ4n) is 2.61. The van der Waals surface area contributed by atoms with E-state index in [0.717, 1.165) is 20.9 Å². The molecule has 1 fully saturated rings. The predicted molar refractivity (Wildman–Crippen MR) is 91.3 cm³/mol. The number of nitrogens with one attached hydrogen (secondary N) is 1. The summed E-state index contributed by atoms with van der Waals surface area (Å²) < 4.78 is 31.0. The van der Waals surface area contributed by atoms with Gasteiger partial charge in [-0.3, -0.25) is 0 Å². The average molecular weight is 356 g/mol. The summed E-state index contributed by atoms with van der Waals surface area (Å²) in [5, 5.41) is 4.33. The normalized spacial score (nSPS) is 22.1. The van der Waals surface area contributed by atoms with Crippen molar-refractivity contribution in [2.45, 2.75) is 13.0 Å². The van der Waals surface area contributed by atoms with Gasteiger partial charge >= 0.3 is 0 Å². The van der Waals surface area contributed by atoms with Crippen molar-refractivity contribution in [3.8, 4) is 0 Å². The Bertz CT molecular complexity index is 803. The third-order valence-electron chi connectivity index (χ3n) is 3.95. The molecule has 0 aliphatic carbocycles. The molecule has 1 aliphatic heterocycles. The van der Waals surface area contributed by atoms with Crippen LogP contribution >= 0.6 is 11.3 Å². The maximum absolute atomic E-state index is 12.1. The lowest BCUT2D eigenvalue weighted by molar-refractivity contribution is 0.187. The number of sulfonamides is 1. The monoisotopic (exact) mass is 356 g/mol. The van der Waals surface area contributed by atoms with Crippen LogP contribution in [0.2, 0.25) is 0 Å². The first-order valence-electron chi connectivity index (χ1n) is 7.32. The summed E-state index contributed by atoms with van der Waals surface area (Å²) in [6.45, 7) is 2.94. The molecule has 126 valence electrons. The smallest absolute Gasteiger partial charge is 0.214 e. The highest BCUT2D eigenvalue weighted by atomic mass is 32.2. The van der Waals surface area contributed by atoms with Crippen LogP contribution in [0.4, 0.5) is 5.82 Å². The minimum Gasteiger partial charge on any atom is -0.379 e. The predicted octanol–water partition coefficient (Wildman–Crippen LogP) is 1.32. The van der Waals surface area contributed by atoms with E-state index in [9.17, 15) is 8.42 Å². The van der Waals surface area contributed by atoms with Crippen LogP contribution in [-0.2, 0) is 14.8 Å². The second-order valence-corrected chi connectivity index (χ2v) is 9.37. The third kappa shape index (κ3) is 3.47. The van der Waals surface area contributed by atoms with Gasteiger partial charge in [0.05, 0.1) is 30.4 Å². The largest absolute Gasteiger partial charge is 0.379 e. The van der Waals surface area contributed by atoms with Gasteiger partial charge in [-0.25, -0.2) is 22.7 Å². The van der Waals surface area contributed by atoms with E-state index in [-0.39, 0.29) is 17.7 Å². The van der Waals surface area contributed by atoms with Crippen molar-refractivity contribution in [1.82, 2.24) is 14.3 Å². The summed E-state index contributed by atoms with van der Waals surface area (Å²) in [7, 11) is -0.160. The average Bonchev–Trinajstić information content (AvgIpc) is 3.05. The number of fused-ring (bicyclic) bond motifs is 1. The highest BCUT2D eigenvalue weighted by molar-refractivity contribution is 7.89. The molecule has 3 rings (SSSR count). The fourth-order valence-corrected chi connectivity index (χ4v) is 4.62. The van der Waals surface area contributed by atoms with Crippen LogP contribution in [0.1, 0.15) is 4.88 Å². The van der Waals surface area contributed by atoms with Crippen LogP contribution < -0.4 is 5.32 Å². The van der Waals surface area contributed by atoms with Crippen molar-refractivity contribution in [3.63, 3.8) is 0 Å². The quantitative estimate of drug-likeness (QED) is 0.870. The lowest BCUT2D eigenvalue weighted by Crippen LogP contribution is -2.37. The zero-order valence-electron chi connectivity index (χ0n) is 13.3. The standard InChI is InChI=1S/C14H20N4O3S2/c1-9-4-11-13(15-8-16-14(11)22-9)17-12-6-21-5-10(12)7-23(19,20)18(2)3/h4,8,10,12H,5-7H2,1-3H3,(H,15,16,17)/t10-,12+/m0/s1. The summed E-state index contributed by atoms with van der Waals surface area (Å²) in [6.07, 6.45) is 1.53. The van der Waals surface area contributed by atoms with Crippen LogP contribution in [-0.4, -0.2) is 61.8 Å². The van der Waals surface area contributed by atoms with Gasteiger partial charge in [-0.1, -0.05) is 0 Å². The molecule has 0 amide bonds. The van der Waals surface area contributed by atoms with Gasteiger partial charge in [0, 0.05) is 24.9 Å². The van der Waals surface area contributed by atoms with E-state index < -0.39 is 10.0 Å². The number of nitrogens with zero attached hydrogens (tertiary/aromatic N) is 3. The SMILES string of the molecule is Cc1cc2c(N[C@@H]3COC[C@H]3CS(=O)(=O)N(C)C)ncnc2s1. The fraction of sp³-hybridized carbons (Fsp3) is 0.571. The maximum Gasteiger partial charge on any atom is 0.214 e. The van der Waals surface area contributed by atoms with Gasteiger partial charge in [0.2, 0.25) is 10.0 Å². The Labute approximate surface area is 139 Å². The van der Waals surface area contributed by atoms with E-state index in [0.29, 0.717) is 13.2 Å². The second-order valence-electron chi connectivity index (χ2n) is 5.91. The van der Waals surface area contributed by atoms with Crippen LogP contribution in [0.3, 0.4) is 0 Å². The van der Waals surface area contributed by atoms with Crippen molar-refractivity contribution in [2.24, 2.45) is 5.92 Å². The van der Waals surface area contributed by atoms with E-state index in [1.165, 1.54) is 10.6 Å². The first kappa shape index (κ1) is 16.6. The molecule has 7 nitrogen and oxygen atoms in total. The topological polar surface area (TPSA) is 84.4 Å². The number of anilines is 1. The minimum absolute atomic E-state index is 0.0640. The highest BCUT2D eigenvalue weighted by Gasteiger charge is 2.33. The summed E-state index contributed by atoms with van der Waals surface area (Å²) in [5.74, 6) is 0.698. The van der Waals surface area contributed by atoms with Gasteiger partial charge in [0.1, 0.15) is 17.0 Å². The molecule has 23 heavy (non-hydrogen) atoms. The third-order valence-corrected chi connectivity index (χ3v) is 6.87. The number of rotatable bonds is 5. The van der Waals surface area contributed by atoms with Crippen molar-refractivity contribution in [3.05, 3.63) is 17.3 Å². The zero-order chi connectivity index (χ0) is 16.6. The number of thiophene rings is 1. The van der Waals surface area contributed by atoms with Gasteiger partial charge in [-0.05, 0) is 13.0 Å². The number of ether oxygens (including phenoxy) is 1. The molecule has 2 aromatic heterocycles. The molecule has 1 saturated heterocycles. The number of aryl methyl sites for hydroxylation is 1. The first-order chi connectivity index (χ1) is 10.9. The van der Waals surface area contributed by atoms with E-state index in [4.69, 9.17) is 4.74 Å². The van der Waals surface area contributed by atoms with Crippen molar-refractivity contribution < 1.29 is 13.2 Å². The van der Waals surface area contributed by atoms with Gasteiger partial charge in [-0.15, -0.1) is 11.3 Å². The second kappa shape index (κ2) is 6.31. The van der Waals surface area contributed by atoms with Gasteiger partial charge < -0.3 is 10.1 Å². The number of aromatic nitrogens is 2. The molecule has 0 saturated carbocycles. The number of hydrogen-bond acceptors (Lipinski definition) is 7. The van der Waals surface area contributed by atoms with Crippen molar-refractivity contribution in [1.29, 1.82) is 0 Å². The van der Waals surface area contributed by atoms with Gasteiger partial charge in [-0.2, -0.15) is 0 Å². The molecule has 2 atom stereocenters. The lowest BCUT2D eigenvalue weighted by atomic mass is 10.1. The Morgan fingerprint density at radius 1 is 1.39 bits per heavy atom. The molecule has 0 aromatic carbocycles. The Morgan fingerprint density at radius 2 is 2.17 bits per heavy atom. The Balaban J connectivity index is 1.81. The van der Waals surface area contributed by atoms with E-state index in [2.05, 4.69) is 15.3 Å². The summed E-state index contributed by atoms with van der Waals surface area (Å²) >= 11 is 1.61. The summed E-state index contributed by atoms with van der Waals surface area (Å²) in [4.78, 5) is 10.7. The molecular weight excluding hydrogens is 336 g/mol. The van der Waals surface area contributed by atoms with Crippen molar-refractivity contribution in [2.75, 3.05) is 38.4 Å². The van der Waals surface area contributed by atoms with Gasteiger partial charge in [0.15, 0.2) is 0 Å². The Kier molecular flexibility index (Phi) is 4.54. The molecule has 0 unspecified atom stereocenters. The van der Waals surface area contributed by atoms with E-state index in [1.54, 1.807) is 25.4 Å². The first-order valence-corrected chi connectivity index (χ1v) is 9.75. The lowest BCUT2D eigenvalue weighted by Gasteiger charge is -2.21. The molecule has 1 N–H and O–H groups in total. The Morgan fingerprint density at radius 3 is 2.91 bits per heavy atom.